The highest BCUT2D eigenvalue weighted by atomic mass is 35.5. The molecule has 1 aliphatic rings. The van der Waals surface area contributed by atoms with Gasteiger partial charge in [0.25, 0.3) is 0 Å². The minimum Gasteiger partial charge on any atom is -0.399 e. The molecule has 0 atom stereocenters. The van der Waals surface area contributed by atoms with E-state index in [1.165, 1.54) is 6.07 Å². The molecule has 18 heavy (non-hydrogen) atoms. The van der Waals surface area contributed by atoms with Gasteiger partial charge in [-0.25, -0.2) is 4.39 Å². The summed E-state index contributed by atoms with van der Waals surface area (Å²) in [5.74, 6) is -0.452. The number of aryl methyl sites for hydroxylation is 1. The normalized spacial score (nSPS) is 21.4. The largest absolute Gasteiger partial charge is 0.496 e. The molecule has 1 heterocycles. The van der Waals surface area contributed by atoms with Gasteiger partial charge >= 0.3 is 7.12 Å². The molecule has 98 valence electrons. The molecule has 0 radical (unpaired) electrons. The van der Waals surface area contributed by atoms with Crippen LogP contribution in [-0.4, -0.2) is 18.3 Å². The fourth-order valence-corrected chi connectivity index (χ4v) is 2.21. The third-order valence-corrected chi connectivity index (χ3v) is 4.22. The highest BCUT2D eigenvalue weighted by Crippen LogP contribution is 2.37. The number of hydrogen-bond donors (Lipinski definition) is 0. The van der Waals surface area contributed by atoms with Crippen LogP contribution in [0, 0.1) is 12.7 Å². The van der Waals surface area contributed by atoms with Gasteiger partial charge in [0.1, 0.15) is 5.82 Å². The van der Waals surface area contributed by atoms with E-state index in [0.29, 0.717) is 5.46 Å². The minimum absolute atomic E-state index is 0.0773. The van der Waals surface area contributed by atoms with Crippen LogP contribution < -0.4 is 5.46 Å². The van der Waals surface area contributed by atoms with Crippen LogP contribution in [0.25, 0.3) is 0 Å². The van der Waals surface area contributed by atoms with Gasteiger partial charge in [0.05, 0.1) is 16.2 Å². The first-order valence-electron chi connectivity index (χ1n) is 5.96. The van der Waals surface area contributed by atoms with Gasteiger partial charge in [0, 0.05) is 5.46 Å². The van der Waals surface area contributed by atoms with Crippen molar-refractivity contribution in [2.75, 3.05) is 0 Å². The zero-order valence-electron chi connectivity index (χ0n) is 11.3. The lowest BCUT2D eigenvalue weighted by molar-refractivity contribution is 0.00578. The van der Waals surface area contributed by atoms with Crippen molar-refractivity contribution >= 4 is 24.2 Å². The number of halogens is 2. The Morgan fingerprint density at radius 2 is 1.61 bits per heavy atom. The van der Waals surface area contributed by atoms with E-state index in [0.717, 1.165) is 5.56 Å². The quantitative estimate of drug-likeness (QED) is 0.730. The predicted octanol–water partition coefficient (Wildman–Crippen LogP) is 3.09. The summed E-state index contributed by atoms with van der Waals surface area (Å²) in [6, 6.07) is 3.04. The molecule has 1 aliphatic heterocycles. The Kier molecular flexibility index (Phi) is 3.25. The van der Waals surface area contributed by atoms with Crippen LogP contribution in [0.4, 0.5) is 4.39 Å². The minimum atomic E-state index is -0.627. The van der Waals surface area contributed by atoms with Gasteiger partial charge in [0.2, 0.25) is 0 Å². The van der Waals surface area contributed by atoms with E-state index in [2.05, 4.69) is 0 Å². The topological polar surface area (TPSA) is 18.5 Å². The molecule has 5 heteroatoms. The molecule has 0 N–H and O–H groups in total. The molecule has 0 bridgehead atoms. The molecule has 0 spiro atoms. The van der Waals surface area contributed by atoms with Crippen LogP contribution in [0.2, 0.25) is 5.02 Å². The molecule has 0 amide bonds. The summed E-state index contributed by atoms with van der Waals surface area (Å²) in [6.07, 6.45) is 0. The number of rotatable bonds is 1. The van der Waals surface area contributed by atoms with Crippen LogP contribution in [0.5, 0.6) is 0 Å². The molecule has 0 aromatic heterocycles. The third-order valence-electron chi connectivity index (χ3n) is 3.84. The standard InChI is InChI=1S/C13H17BClFO2/c1-8-6-7-9(16)11(15)10(8)14-17-12(2,3)13(4,5)18-14/h6-7H,1-5H3. The lowest BCUT2D eigenvalue weighted by Gasteiger charge is -2.32. The van der Waals surface area contributed by atoms with E-state index < -0.39 is 24.1 Å². The second-order valence-corrected chi connectivity index (χ2v) is 6.06. The summed E-state index contributed by atoms with van der Waals surface area (Å²) >= 11 is 6.03. The van der Waals surface area contributed by atoms with Gasteiger partial charge < -0.3 is 9.31 Å². The van der Waals surface area contributed by atoms with Gasteiger partial charge in [-0.05, 0) is 46.2 Å². The summed E-state index contributed by atoms with van der Waals surface area (Å²) in [4.78, 5) is 0. The summed E-state index contributed by atoms with van der Waals surface area (Å²) < 4.78 is 25.3. The SMILES string of the molecule is Cc1ccc(F)c(Cl)c1B1OC(C)(C)C(C)(C)O1. The van der Waals surface area contributed by atoms with Crippen molar-refractivity contribution in [2.45, 2.75) is 45.8 Å². The van der Waals surface area contributed by atoms with Gasteiger partial charge in [-0.1, -0.05) is 17.7 Å². The summed E-state index contributed by atoms with van der Waals surface area (Å²) in [5.41, 5.74) is 0.523. The van der Waals surface area contributed by atoms with Gasteiger partial charge in [-0.2, -0.15) is 0 Å². The smallest absolute Gasteiger partial charge is 0.399 e. The molecule has 2 rings (SSSR count). The molecule has 1 aromatic rings. The zero-order chi connectivity index (χ0) is 13.7. The molecular weight excluding hydrogens is 253 g/mol. The maximum absolute atomic E-state index is 13.6. The van der Waals surface area contributed by atoms with Gasteiger partial charge in [0.15, 0.2) is 0 Å². The fourth-order valence-electron chi connectivity index (χ4n) is 1.91. The van der Waals surface area contributed by atoms with Gasteiger partial charge in [-0.3, -0.25) is 0 Å². The number of benzene rings is 1. The second kappa shape index (κ2) is 4.22. The van der Waals surface area contributed by atoms with Crippen molar-refractivity contribution in [3.05, 3.63) is 28.5 Å². The molecular formula is C13H17BClFO2. The Labute approximate surface area is 113 Å². The average molecular weight is 271 g/mol. The first kappa shape index (κ1) is 13.8. The van der Waals surface area contributed by atoms with Crippen LogP contribution >= 0.6 is 11.6 Å². The Bertz CT molecular complexity index is 472. The highest BCUT2D eigenvalue weighted by Gasteiger charge is 2.52. The second-order valence-electron chi connectivity index (χ2n) is 5.68. The molecule has 2 nitrogen and oxygen atoms in total. The van der Waals surface area contributed by atoms with Crippen molar-refractivity contribution in [3.8, 4) is 0 Å². The molecule has 0 aliphatic carbocycles. The average Bonchev–Trinajstić information content (AvgIpc) is 2.43. The van der Waals surface area contributed by atoms with Crippen LogP contribution in [-0.2, 0) is 9.31 Å². The van der Waals surface area contributed by atoms with Crippen LogP contribution in [0.1, 0.15) is 33.3 Å². The Balaban J connectivity index is 2.44. The predicted molar refractivity (Wildman–Crippen MR) is 71.9 cm³/mol. The first-order chi connectivity index (χ1) is 8.16. The van der Waals surface area contributed by atoms with Crippen molar-refractivity contribution in [1.82, 2.24) is 0 Å². The Morgan fingerprint density at radius 3 is 2.11 bits per heavy atom. The zero-order valence-corrected chi connectivity index (χ0v) is 12.1. The summed E-state index contributed by atoms with van der Waals surface area (Å²) in [7, 11) is -0.627. The van der Waals surface area contributed by atoms with E-state index in [1.54, 1.807) is 6.07 Å². The van der Waals surface area contributed by atoms with Crippen molar-refractivity contribution in [1.29, 1.82) is 0 Å². The van der Waals surface area contributed by atoms with E-state index in [4.69, 9.17) is 20.9 Å². The maximum atomic E-state index is 13.6. The Morgan fingerprint density at radius 1 is 1.11 bits per heavy atom. The fraction of sp³-hybridized carbons (Fsp3) is 0.538. The lowest BCUT2D eigenvalue weighted by atomic mass is 9.76. The number of hydrogen-bond acceptors (Lipinski definition) is 2. The summed E-state index contributed by atoms with van der Waals surface area (Å²) in [6.45, 7) is 9.68. The van der Waals surface area contributed by atoms with E-state index in [9.17, 15) is 4.39 Å². The maximum Gasteiger partial charge on any atom is 0.496 e. The van der Waals surface area contributed by atoms with Gasteiger partial charge in [-0.15, -0.1) is 0 Å². The lowest BCUT2D eigenvalue weighted by Crippen LogP contribution is -2.41. The van der Waals surface area contributed by atoms with E-state index in [1.807, 2.05) is 34.6 Å². The van der Waals surface area contributed by atoms with Crippen LogP contribution in [0.3, 0.4) is 0 Å². The molecule has 1 aromatic carbocycles. The third kappa shape index (κ3) is 2.06. The van der Waals surface area contributed by atoms with Crippen molar-refractivity contribution in [3.63, 3.8) is 0 Å². The summed E-state index contributed by atoms with van der Waals surface area (Å²) in [5, 5.41) is 0.0773. The van der Waals surface area contributed by atoms with E-state index in [-0.39, 0.29) is 5.02 Å². The molecule has 1 saturated heterocycles. The first-order valence-corrected chi connectivity index (χ1v) is 6.33. The molecule has 0 saturated carbocycles. The highest BCUT2D eigenvalue weighted by molar-refractivity contribution is 6.66. The Hall–Kier alpha value is -0.575. The van der Waals surface area contributed by atoms with E-state index >= 15 is 0 Å². The van der Waals surface area contributed by atoms with Crippen LogP contribution in [0.15, 0.2) is 12.1 Å². The molecule has 1 fully saturated rings. The van der Waals surface area contributed by atoms with Crippen molar-refractivity contribution in [2.24, 2.45) is 0 Å². The van der Waals surface area contributed by atoms with Crippen molar-refractivity contribution < 1.29 is 13.7 Å². The monoisotopic (exact) mass is 270 g/mol. The molecule has 0 unspecified atom stereocenters.